The van der Waals surface area contributed by atoms with Gasteiger partial charge >= 0.3 is 0 Å². The number of carbonyl (C=O) groups is 1. The van der Waals surface area contributed by atoms with E-state index in [4.69, 9.17) is 21.1 Å². The predicted octanol–water partition coefficient (Wildman–Crippen LogP) is 3.90. The van der Waals surface area contributed by atoms with Crippen LogP contribution in [0.5, 0.6) is 0 Å². The van der Waals surface area contributed by atoms with E-state index in [2.05, 4.69) is 30.7 Å². The molecule has 11 heteroatoms. The van der Waals surface area contributed by atoms with Crippen molar-refractivity contribution in [1.29, 1.82) is 0 Å². The van der Waals surface area contributed by atoms with Crippen LogP contribution in [0.1, 0.15) is 28.7 Å². The number of rotatable bonds is 11. The minimum atomic E-state index is -0.126. The van der Waals surface area contributed by atoms with Gasteiger partial charge in [-0.2, -0.15) is 5.10 Å². The van der Waals surface area contributed by atoms with Gasteiger partial charge in [0.05, 0.1) is 30.6 Å². The zero-order valence-electron chi connectivity index (χ0n) is 22.5. The summed E-state index contributed by atoms with van der Waals surface area (Å²) in [6, 6.07) is 5.64. The minimum Gasteiger partial charge on any atom is -0.486 e. The summed E-state index contributed by atoms with van der Waals surface area (Å²) in [6.07, 6.45) is 8.89. The fourth-order valence-electron chi connectivity index (χ4n) is 4.41. The minimum absolute atomic E-state index is 0.126. The number of allylic oxidation sites excluding steroid dienone is 3. The van der Waals surface area contributed by atoms with Gasteiger partial charge in [-0.15, -0.1) is 5.10 Å². The summed E-state index contributed by atoms with van der Waals surface area (Å²) < 4.78 is 13.0. The van der Waals surface area contributed by atoms with Gasteiger partial charge in [0.1, 0.15) is 18.1 Å². The number of ether oxygens (including phenoxy) is 2. The molecule has 0 aliphatic carbocycles. The number of hydrogen-bond donors (Lipinski definition) is 2. The van der Waals surface area contributed by atoms with E-state index in [1.807, 2.05) is 55.8 Å². The maximum Gasteiger partial charge on any atom is 0.268 e. The molecular formula is C28H34ClN7O3. The highest BCUT2D eigenvalue weighted by Crippen LogP contribution is 2.30. The first kappa shape index (κ1) is 28.3. The molecule has 0 spiro atoms. The normalized spacial score (nSPS) is 15.2. The summed E-state index contributed by atoms with van der Waals surface area (Å²) in [7, 11) is 1.87. The Balaban J connectivity index is 1.45. The summed E-state index contributed by atoms with van der Waals surface area (Å²) in [6.45, 7) is 8.72. The molecule has 4 rings (SSSR count). The van der Waals surface area contributed by atoms with E-state index in [1.165, 1.54) is 5.54 Å². The molecular weight excluding hydrogens is 518 g/mol. The smallest absolute Gasteiger partial charge is 0.268 e. The molecule has 10 nitrogen and oxygen atoms in total. The van der Waals surface area contributed by atoms with Gasteiger partial charge in [0, 0.05) is 56.0 Å². The number of carbonyl (C=O) groups excluding carboxylic acids is 1. The number of amides is 1. The summed E-state index contributed by atoms with van der Waals surface area (Å²) in [5.41, 5.74) is 5.15. The van der Waals surface area contributed by atoms with Gasteiger partial charge in [-0.3, -0.25) is 14.7 Å². The Bertz CT molecular complexity index is 1360. The highest BCUT2D eigenvalue weighted by atomic mass is 35.5. The number of fused-ring (bicyclic) bond motifs is 1. The first-order chi connectivity index (χ1) is 19.0. The van der Waals surface area contributed by atoms with Crippen molar-refractivity contribution in [3.8, 4) is 0 Å². The van der Waals surface area contributed by atoms with E-state index in [9.17, 15) is 4.79 Å². The lowest BCUT2D eigenvalue weighted by molar-refractivity contribution is 0.0383. The number of pyridine rings is 1. The fraction of sp³-hybridized carbons (Fsp3) is 0.357. The molecule has 2 N–H and O–H groups in total. The van der Waals surface area contributed by atoms with Gasteiger partial charge in [-0.1, -0.05) is 23.7 Å². The first-order valence-electron chi connectivity index (χ1n) is 12.8. The van der Waals surface area contributed by atoms with Crippen LogP contribution in [0, 0.1) is 6.92 Å². The van der Waals surface area contributed by atoms with Crippen LogP contribution in [0.3, 0.4) is 0 Å². The quantitative estimate of drug-likeness (QED) is 0.273. The zero-order chi connectivity index (χ0) is 27.6. The molecule has 0 atom stereocenters. The first-order valence-corrected chi connectivity index (χ1v) is 13.3. The third-order valence-corrected chi connectivity index (χ3v) is 6.73. The van der Waals surface area contributed by atoms with Crippen LogP contribution in [-0.2, 0) is 23.1 Å². The largest absolute Gasteiger partial charge is 0.486 e. The molecule has 1 fully saturated rings. The molecule has 0 saturated carbocycles. The van der Waals surface area contributed by atoms with E-state index >= 15 is 0 Å². The standard InChI is InChI=1S/C28H34ClN7O3/c1-4-21(8-9-23(17-29)39-19-22-7-5-6-10-30-22)33-27-25-20(2)26(35(3)24(25)18-32-34-27)28(37)31-11-12-36-13-15-38-16-14-36/h4-10,17-18H,11-16,19H2,1-3H3,(H,31,37)(H,33,34)/b9-8-,21-4+,23-17-. The van der Waals surface area contributed by atoms with Crippen molar-refractivity contribution in [3.05, 3.63) is 82.8 Å². The second-order valence-electron chi connectivity index (χ2n) is 9.02. The summed E-state index contributed by atoms with van der Waals surface area (Å²) in [5, 5.41) is 15.7. The number of halogens is 1. The van der Waals surface area contributed by atoms with Gasteiger partial charge in [0.15, 0.2) is 5.82 Å². The lowest BCUT2D eigenvalue weighted by atomic mass is 10.1. The molecule has 39 heavy (non-hydrogen) atoms. The Morgan fingerprint density at radius 3 is 2.79 bits per heavy atom. The molecule has 0 radical (unpaired) electrons. The fourth-order valence-corrected chi connectivity index (χ4v) is 4.55. The van der Waals surface area contributed by atoms with Crippen molar-refractivity contribution in [2.24, 2.45) is 7.05 Å². The van der Waals surface area contributed by atoms with Crippen LogP contribution >= 0.6 is 11.6 Å². The SMILES string of the molecule is C\C=C(/C=C\C(=C\Cl)OCc1ccccn1)Nc1nncc2c1c(C)c(C(=O)NCCN1CCOCC1)n2C. The second-order valence-corrected chi connectivity index (χ2v) is 9.24. The van der Waals surface area contributed by atoms with Gasteiger partial charge < -0.3 is 24.7 Å². The van der Waals surface area contributed by atoms with Gasteiger partial charge in [0.25, 0.3) is 5.91 Å². The van der Waals surface area contributed by atoms with Gasteiger partial charge in [0.2, 0.25) is 0 Å². The van der Waals surface area contributed by atoms with Gasteiger partial charge in [-0.05, 0) is 43.7 Å². The number of aromatic nitrogens is 4. The molecule has 1 aliphatic rings. The molecule has 3 aromatic heterocycles. The van der Waals surface area contributed by atoms with Crippen molar-refractivity contribution in [3.63, 3.8) is 0 Å². The average molecular weight is 552 g/mol. The topological polar surface area (TPSA) is 106 Å². The van der Waals surface area contributed by atoms with Gasteiger partial charge in [-0.25, -0.2) is 0 Å². The Morgan fingerprint density at radius 1 is 1.26 bits per heavy atom. The molecule has 3 aromatic rings. The van der Waals surface area contributed by atoms with E-state index in [-0.39, 0.29) is 5.91 Å². The van der Waals surface area contributed by atoms with Crippen LogP contribution in [0.15, 0.2) is 65.8 Å². The molecule has 206 valence electrons. The number of nitrogens with one attached hydrogen (secondary N) is 2. The number of hydrogen-bond acceptors (Lipinski definition) is 8. The van der Waals surface area contributed by atoms with E-state index < -0.39 is 0 Å². The molecule has 1 saturated heterocycles. The van der Waals surface area contributed by atoms with Crippen LogP contribution in [-0.4, -0.2) is 69.9 Å². The third kappa shape index (κ3) is 7.23. The van der Waals surface area contributed by atoms with Crippen molar-refractivity contribution < 1.29 is 14.3 Å². The maximum absolute atomic E-state index is 13.2. The van der Waals surface area contributed by atoms with Crippen molar-refractivity contribution in [1.82, 2.24) is 30.0 Å². The van der Waals surface area contributed by atoms with E-state index in [0.717, 1.165) is 60.7 Å². The zero-order valence-corrected chi connectivity index (χ0v) is 23.2. The molecule has 0 bridgehead atoms. The van der Waals surface area contributed by atoms with Crippen molar-refractivity contribution in [2.75, 3.05) is 44.7 Å². The maximum atomic E-state index is 13.2. The van der Waals surface area contributed by atoms with Crippen molar-refractivity contribution in [2.45, 2.75) is 20.5 Å². The highest BCUT2D eigenvalue weighted by Gasteiger charge is 2.22. The Morgan fingerprint density at radius 2 is 2.08 bits per heavy atom. The number of nitrogens with zero attached hydrogens (tertiary/aromatic N) is 5. The van der Waals surface area contributed by atoms with E-state index in [1.54, 1.807) is 18.5 Å². The number of aryl methyl sites for hydroxylation is 2. The highest BCUT2D eigenvalue weighted by molar-refractivity contribution is 6.25. The lowest BCUT2D eigenvalue weighted by Gasteiger charge is -2.26. The summed E-state index contributed by atoms with van der Waals surface area (Å²) >= 11 is 5.98. The van der Waals surface area contributed by atoms with Crippen LogP contribution in [0.25, 0.3) is 10.9 Å². The van der Waals surface area contributed by atoms with Crippen LogP contribution in [0.4, 0.5) is 5.82 Å². The van der Waals surface area contributed by atoms with Crippen LogP contribution < -0.4 is 10.6 Å². The molecule has 1 amide bonds. The Labute approximate surface area is 233 Å². The predicted molar refractivity (Wildman–Crippen MR) is 152 cm³/mol. The monoisotopic (exact) mass is 551 g/mol. The third-order valence-electron chi connectivity index (χ3n) is 6.51. The number of anilines is 1. The lowest BCUT2D eigenvalue weighted by Crippen LogP contribution is -2.41. The average Bonchev–Trinajstić information content (AvgIpc) is 3.23. The Kier molecular flexibility index (Phi) is 10.1. The molecule has 4 heterocycles. The molecule has 0 aromatic carbocycles. The van der Waals surface area contributed by atoms with E-state index in [0.29, 0.717) is 30.4 Å². The summed E-state index contributed by atoms with van der Waals surface area (Å²) in [4.78, 5) is 19.7. The Hall–Kier alpha value is -3.73. The second kappa shape index (κ2) is 13.9. The molecule has 0 unspecified atom stereocenters. The van der Waals surface area contributed by atoms with Crippen molar-refractivity contribution >= 4 is 34.2 Å². The summed E-state index contributed by atoms with van der Waals surface area (Å²) in [5.74, 6) is 0.912. The number of morpholine rings is 1. The van der Waals surface area contributed by atoms with Crippen LogP contribution in [0.2, 0.25) is 0 Å². The molecule has 1 aliphatic heterocycles.